The van der Waals surface area contributed by atoms with Crippen molar-refractivity contribution >= 4 is 27.0 Å². The summed E-state index contributed by atoms with van der Waals surface area (Å²) < 4.78 is 27.5. The summed E-state index contributed by atoms with van der Waals surface area (Å²) in [7, 11) is -3.62. The van der Waals surface area contributed by atoms with Crippen molar-refractivity contribution in [3.8, 4) is 11.8 Å². The summed E-state index contributed by atoms with van der Waals surface area (Å²) in [6.07, 6.45) is 0. The van der Waals surface area contributed by atoms with Crippen molar-refractivity contribution in [1.82, 2.24) is 0 Å². The van der Waals surface area contributed by atoms with Crippen molar-refractivity contribution in [2.75, 3.05) is 11.3 Å². The minimum atomic E-state index is -3.62. The Morgan fingerprint density at radius 1 is 1.24 bits per heavy atom. The molecule has 0 atom stereocenters. The van der Waals surface area contributed by atoms with Crippen molar-refractivity contribution in [3.63, 3.8) is 0 Å². The van der Waals surface area contributed by atoms with Crippen molar-refractivity contribution in [2.24, 2.45) is 0 Å². The summed E-state index contributed by atoms with van der Waals surface area (Å²) in [5, 5.41) is 8.78. The first kappa shape index (κ1) is 15.6. The zero-order valence-corrected chi connectivity index (χ0v) is 13.3. The molecular formula is C15H15NO3S2. The molecule has 1 heterocycles. The van der Waals surface area contributed by atoms with E-state index in [0.29, 0.717) is 11.3 Å². The molecule has 0 amide bonds. The van der Waals surface area contributed by atoms with Gasteiger partial charge in [0.25, 0.3) is 10.0 Å². The topological polar surface area (TPSA) is 66.4 Å². The Bertz CT molecular complexity index is 811. The zero-order valence-electron chi connectivity index (χ0n) is 11.7. The highest BCUT2D eigenvalue weighted by Gasteiger charge is 2.17. The van der Waals surface area contributed by atoms with Crippen LogP contribution in [0.2, 0.25) is 0 Å². The first-order valence-corrected chi connectivity index (χ1v) is 8.52. The van der Waals surface area contributed by atoms with Gasteiger partial charge in [-0.3, -0.25) is 4.72 Å². The molecule has 110 valence electrons. The lowest BCUT2D eigenvalue weighted by Gasteiger charge is -2.09. The number of aliphatic hydroxyl groups is 1. The van der Waals surface area contributed by atoms with E-state index >= 15 is 0 Å². The summed E-state index contributed by atoms with van der Waals surface area (Å²) in [5.74, 6) is 5.27. The van der Waals surface area contributed by atoms with Gasteiger partial charge >= 0.3 is 0 Å². The van der Waals surface area contributed by atoms with Gasteiger partial charge < -0.3 is 5.11 Å². The van der Waals surface area contributed by atoms with Crippen LogP contribution in [0.5, 0.6) is 0 Å². The van der Waals surface area contributed by atoms with Gasteiger partial charge in [0.1, 0.15) is 10.8 Å². The third-order valence-electron chi connectivity index (χ3n) is 2.70. The lowest BCUT2D eigenvalue weighted by atomic mass is 10.1. The number of anilines is 1. The van der Waals surface area contributed by atoms with E-state index in [1.165, 1.54) is 11.3 Å². The van der Waals surface area contributed by atoms with E-state index < -0.39 is 10.0 Å². The third kappa shape index (κ3) is 3.85. The molecule has 0 aliphatic heterocycles. The fourth-order valence-corrected chi connectivity index (χ4v) is 4.09. The molecule has 0 saturated carbocycles. The van der Waals surface area contributed by atoms with Crippen LogP contribution in [0, 0.1) is 25.7 Å². The van der Waals surface area contributed by atoms with E-state index in [-0.39, 0.29) is 10.8 Å². The molecule has 0 saturated heterocycles. The van der Waals surface area contributed by atoms with E-state index in [9.17, 15) is 8.42 Å². The van der Waals surface area contributed by atoms with Crippen molar-refractivity contribution in [1.29, 1.82) is 0 Å². The standard InChI is InChI=1S/C15H15NO3S2/c1-11-5-7-13(4-3-9-17)14(10-11)16-21(18,19)15-8-6-12(2)20-15/h5-8,10,16-17H,9H2,1-2H3. The van der Waals surface area contributed by atoms with Gasteiger partial charge in [-0.15, -0.1) is 11.3 Å². The van der Waals surface area contributed by atoms with E-state index in [4.69, 9.17) is 5.11 Å². The molecule has 1 aromatic heterocycles. The molecule has 2 rings (SSSR count). The number of hydrogen-bond acceptors (Lipinski definition) is 4. The number of aryl methyl sites for hydroxylation is 2. The second kappa shape index (κ2) is 6.31. The van der Waals surface area contributed by atoms with Crippen LogP contribution in [0.25, 0.3) is 0 Å². The Balaban J connectivity index is 2.41. The average molecular weight is 321 g/mol. The maximum atomic E-state index is 12.4. The predicted molar refractivity (Wildman–Crippen MR) is 85.0 cm³/mol. The predicted octanol–water partition coefficient (Wildman–Crippen LogP) is 2.51. The summed E-state index contributed by atoms with van der Waals surface area (Å²) in [5.41, 5.74) is 1.87. The monoisotopic (exact) mass is 321 g/mol. The molecule has 0 aliphatic carbocycles. The van der Waals surface area contributed by atoms with E-state index in [1.54, 1.807) is 24.3 Å². The number of rotatable bonds is 3. The molecule has 2 aromatic rings. The first-order valence-electron chi connectivity index (χ1n) is 6.22. The zero-order chi connectivity index (χ0) is 15.5. The fraction of sp³-hybridized carbons (Fsp3) is 0.200. The van der Waals surface area contributed by atoms with Gasteiger partial charge in [-0.1, -0.05) is 17.9 Å². The Labute approximate surface area is 128 Å². The van der Waals surface area contributed by atoms with Crippen LogP contribution < -0.4 is 4.72 Å². The number of benzene rings is 1. The van der Waals surface area contributed by atoms with Crippen LogP contribution in [0.3, 0.4) is 0 Å². The van der Waals surface area contributed by atoms with Crippen molar-refractivity contribution in [3.05, 3.63) is 46.3 Å². The Morgan fingerprint density at radius 3 is 2.62 bits per heavy atom. The number of sulfonamides is 1. The maximum absolute atomic E-state index is 12.4. The Kier molecular flexibility index (Phi) is 4.68. The average Bonchev–Trinajstić information content (AvgIpc) is 2.85. The van der Waals surface area contributed by atoms with Crippen LogP contribution in [0.1, 0.15) is 16.0 Å². The Hall–Kier alpha value is -1.81. The van der Waals surface area contributed by atoms with Crippen LogP contribution in [0.4, 0.5) is 5.69 Å². The van der Waals surface area contributed by atoms with Crippen LogP contribution in [0.15, 0.2) is 34.5 Å². The summed E-state index contributed by atoms with van der Waals surface area (Å²) in [4.78, 5) is 0.930. The van der Waals surface area contributed by atoms with Crippen LogP contribution >= 0.6 is 11.3 Å². The molecule has 2 N–H and O–H groups in total. The maximum Gasteiger partial charge on any atom is 0.271 e. The molecule has 0 spiro atoms. The second-order valence-corrected chi connectivity index (χ2v) is 7.68. The molecule has 0 fully saturated rings. The lowest BCUT2D eigenvalue weighted by molar-refractivity contribution is 0.350. The Morgan fingerprint density at radius 2 is 2.00 bits per heavy atom. The smallest absolute Gasteiger partial charge is 0.271 e. The molecule has 0 aliphatic rings. The van der Waals surface area contributed by atoms with E-state index in [1.807, 2.05) is 19.9 Å². The van der Waals surface area contributed by atoms with Gasteiger partial charge in [0, 0.05) is 10.4 Å². The molecular weight excluding hydrogens is 306 g/mol. The number of hydrogen-bond donors (Lipinski definition) is 2. The largest absolute Gasteiger partial charge is 0.384 e. The van der Waals surface area contributed by atoms with E-state index in [2.05, 4.69) is 16.6 Å². The SMILES string of the molecule is Cc1ccc(C#CCO)c(NS(=O)(=O)c2ccc(C)s2)c1. The number of aliphatic hydroxyl groups excluding tert-OH is 1. The second-order valence-electron chi connectivity index (χ2n) is 4.48. The van der Waals surface area contributed by atoms with Crippen LogP contribution in [-0.2, 0) is 10.0 Å². The number of thiophene rings is 1. The summed E-state index contributed by atoms with van der Waals surface area (Å²) in [6.45, 7) is 3.45. The summed E-state index contributed by atoms with van der Waals surface area (Å²) in [6, 6.07) is 8.64. The molecule has 0 bridgehead atoms. The minimum Gasteiger partial charge on any atom is -0.384 e. The van der Waals surface area contributed by atoms with Gasteiger partial charge in [-0.25, -0.2) is 8.42 Å². The summed E-state index contributed by atoms with van der Waals surface area (Å²) >= 11 is 1.22. The third-order valence-corrected chi connectivity index (χ3v) is 5.56. The molecule has 0 radical (unpaired) electrons. The van der Waals surface area contributed by atoms with Gasteiger partial charge in [-0.2, -0.15) is 0 Å². The van der Waals surface area contributed by atoms with Gasteiger partial charge in [-0.05, 0) is 43.7 Å². The highest BCUT2D eigenvalue weighted by atomic mass is 32.2. The highest BCUT2D eigenvalue weighted by molar-refractivity contribution is 7.94. The van der Waals surface area contributed by atoms with E-state index in [0.717, 1.165) is 10.4 Å². The number of nitrogens with one attached hydrogen (secondary N) is 1. The molecule has 1 aromatic carbocycles. The van der Waals surface area contributed by atoms with Crippen LogP contribution in [-0.4, -0.2) is 20.1 Å². The molecule has 21 heavy (non-hydrogen) atoms. The normalized spacial score (nSPS) is 10.8. The van der Waals surface area contributed by atoms with Crippen molar-refractivity contribution < 1.29 is 13.5 Å². The molecule has 6 heteroatoms. The highest BCUT2D eigenvalue weighted by Crippen LogP contribution is 2.25. The van der Waals surface area contributed by atoms with Gasteiger partial charge in [0.2, 0.25) is 0 Å². The molecule has 0 unspecified atom stereocenters. The first-order chi connectivity index (χ1) is 9.92. The quantitative estimate of drug-likeness (QED) is 0.854. The molecule has 4 nitrogen and oxygen atoms in total. The van der Waals surface area contributed by atoms with Gasteiger partial charge in [0.05, 0.1) is 5.69 Å². The van der Waals surface area contributed by atoms with Gasteiger partial charge in [0.15, 0.2) is 0 Å². The van der Waals surface area contributed by atoms with Crippen molar-refractivity contribution in [2.45, 2.75) is 18.1 Å². The minimum absolute atomic E-state index is 0.266. The lowest BCUT2D eigenvalue weighted by Crippen LogP contribution is -2.12. The fourth-order valence-electron chi connectivity index (χ4n) is 1.74.